The van der Waals surface area contributed by atoms with Gasteiger partial charge < -0.3 is 9.47 Å². The molecule has 1 unspecified atom stereocenters. The molecule has 1 atom stereocenters. The fourth-order valence-corrected chi connectivity index (χ4v) is 1.77. The summed E-state index contributed by atoms with van der Waals surface area (Å²) in [5, 5.41) is 0. The lowest BCUT2D eigenvalue weighted by Gasteiger charge is -2.15. The molecule has 110 valence electrons. The van der Waals surface area contributed by atoms with Crippen LogP contribution in [0.1, 0.15) is 39.2 Å². The van der Waals surface area contributed by atoms with Gasteiger partial charge in [-0.1, -0.05) is 20.8 Å². The van der Waals surface area contributed by atoms with Crippen LogP contribution in [0.25, 0.3) is 0 Å². The maximum absolute atomic E-state index is 14.1. The molecule has 0 aliphatic heterocycles. The van der Waals surface area contributed by atoms with Crippen LogP contribution in [0.2, 0.25) is 0 Å². The van der Waals surface area contributed by atoms with E-state index in [0.29, 0.717) is 36.7 Å². The fraction of sp³-hybridized carbons (Fsp3) is 0.529. The lowest BCUT2D eigenvalue weighted by Crippen LogP contribution is -2.05. The molecule has 1 aromatic carbocycles. The van der Waals surface area contributed by atoms with Gasteiger partial charge in [-0.05, 0) is 30.9 Å². The van der Waals surface area contributed by atoms with Crippen LogP contribution >= 0.6 is 0 Å². The predicted octanol–water partition coefficient (Wildman–Crippen LogP) is 4.22. The van der Waals surface area contributed by atoms with E-state index in [1.54, 1.807) is 6.07 Å². The van der Waals surface area contributed by atoms with Crippen molar-refractivity contribution in [2.45, 2.75) is 40.0 Å². The molecule has 1 aromatic rings. The molecule has 0 N–H and O–H groups in total. The number of halogens is 1. The minimum absolute atomic E-state index is 0.00839. The number of benzene rings is 1. The Morgan fingerprint density at radius 3 is 2.20 bits per heavy atom. The van der Waals surface area contributed by atoms with Gasteiger partial charge in [0.1, 0.15) is 5.82 Å². The Bertz CT molecular complexity index is 463. The van der Waals surface area contributed by atoms with Crippen molar-refractivity contribution < 1.29 is 13.9 Å². The van der Waals surface area contributed by atoms with Crippen LogP contribution in [-0.2, 0) is 6.42 Å². The first-order valence-corrected chi connectivity index (χ1v) is 7.16. The number of rotatable bonds is 8. The Morgan fingerprint density at radius 2 is 1.70 bits per heavy atom. The lowest BCUT2D eigenvalue weighted by atomic mass is 10.0. The van der Waals surface area contributed by atoms with Gasteiger partial charge in [0.2, 0.25) is 0 Å². The third-order valence-corrected chi connectivity index (χ3v) is 2.85. The maximum Gasteiger partial charge on any atom is 0.164 e. The zero-order valence-corrected chi connectivity index (χ0v) is 12.5. The first-order chi connectivity index (χ1) is 9.62. The largest absolute Gasteiger partial charge is 0.490 e. The van der Waals surface area contributed by atoms with Gasteiger partial charge in [0, 0.05) is 12.0 Å². The second-order valence-corrected chi connectivity index (χ2v) is 4.86. The van der Waals surface area contributed by atoms with E-state index in [4.69, 9.17) is 15.9 Å². The van der Waals surface area contributed by atoms with Crippen LogP contribution in [0.15, 0.2) is 12.1 Å². The number of hydrogen-bond donors (Lipinski definition) is 0. The molecule has 0 aliphatic rings. The molecule has 0 saturated carbocycles. The van der Waals surface area contributed by atoms with Gasteiger partial charge in [-0.3, -0.25) is 0 Å². The highest BCUT2D eigenvalue weighted by Crippen LogP contribution is 2.31. The van der Waals surface area contributed by atoms with Gasteiger partial charge in [0.05, 0.1) is 13.2 Å². The van der Waals surface area contributed by atoms with Crippen molar-refractivity contribution in [2.75, 3.05) is 13.2 Å². The molecule has 1 rings (SSSR count). The van der Waals surface area contributed by atoms with Crippen molar-refractivity contribution in [2.24, 2.45) is 5.92 Å². The summed E-state index contributed by atoms with van der Waals surface area (Å²) in [6, 6.07) is 3.11. The molecular formula is C17H23FO2. The van der Waals surface area contributed by atoms with E-state index in [1.165, 1.54) is 6.07 Å². The van der Waals surface area contributed by atoms with Gasteiger partial charge >= 0.3 is 0 Å². The Kier molecular flexibility index (Phi) is 6.93. The van der Waals surface area contributed by atoms with Crippen LogP contribution in [-0.4, -0.2) is 13.2 Å². The van der Waals surface area contributed by atoms with Crippen LogP contribution < -0.4 is 9.47 Å². The van der Waals surface area contributed by atoms with Crippen molar-refractivity contribution >= 4 is 0 Å². The second kappa shape index (κ2) is 8.47. The number of terminal acetylenes is 1. The summed E-state index contributed by atoms with van der Waals surface area (Å²) >= 11 is 0. The molecule has 0 radical (unpaired) electrons. The molecule has 0 aliphatic carbocycles. The van der Waals surface area contributed by atoms with E-state index < -0.39 is 0 Å². The first-order valence-electron chi connectivity index (χ1n) is 7.16. The second-order valence-electron chi connectivity index (χ2n) is 4.86. The van der Waals surface area contributed by atoms with Gasteiger partial charge in [-0.15, -0.1) is 12.3 Å². The van der Waals surface area contributed by atoms with Gasteiger partial charge in [-0.25, -0.2) is 4.39 Å². The Morgan fingerprint density at radius 1 is 1.15 bits per heavy atom. The summed E-state index contributed by atoms with van der Waals surface area (Å²) in [5.74, 6) is 3.38. The fourth-order valence-electron chi connectivity index (χ4n) is 1.77. The number of hydrogen-bond acceptors (Lipinski definition) is 2. The van der Waals surface area contributed by atoms with Crippen molar-refractivity contribution in [1.29, 1.82) is 0 Å². The molecule has 0 amide bonds. The van der Waals surface area contributed by atoms with Crippen LogP contribution in [0.5, 0.6) is 11.5 Å². The van der Waals surface area contributed by atoms with E-state index in [9.17, 15) is 4.39 Å². The van der Waals surface area contributed by atoms with Crippen molar-refractivity contribution in [1.82, 2.24) is 0 Å². The van der Waals surface area contributed by atoms with Gasteiger partial charge in [0.25, 0.3) is 0 Å². The lowest BCUT2D eigenvalue weighted by molar-refractivity contribution is 0.266. The molecule has 0 spiro atoms. The quantitative estimate of drug-likeness (QED) is 0.663. The normalized spacial score (nSPS) is 11.8. The Hall–Kier alpha value is -1.69. The molecule has 0 aromatic heterocycles. The summed E-state index contributed by atoms with van der Waals surface area (Å²) in [7, 11) is 0. The van der Waals surface area contributed by atoms with Crippen LogP contribution in [0, 0.1) is 24.1 Å². The molecule has 0 bridgehead atoms. The average molecular weight is 278 g/mol. The first kappa shape index (κ1) is 16.4. The molecule has 0 heterocycles. The minimum atomic E-state index is -0.290. The van der Waals surface area contributed by atoms with E-state index in [-0.39, 0.29) is 11.7 Å². The molecule has 3 heteroatoms. The third-order valence-electron chi connectivity index (χ3n) is 2.85. The topological polar surface area (TPSA) is 18.5 Å². The van der Waals surface area contributed by atoms with Gasteiger partial charge in [-0.2, -0.15) is 0 Å². The molecule has 2 nitrogen and oxygen atoms in total. The summed E-state index contributed by atoms with van der Waals surface area (Å²) in [5.41, 5.74) is 0.574. The molecule has 20 heavy (non-hydrogen) atoms. The summed E-state index contributed by atoms with van der Waals surface area (Å²) < 4.78 is 25.3. The highest BCUT2D eigenvalue weighted by molar-refractivity contribution is 5.44. The highest BCUT2D eigenvalue weighted by Gasteiger charge is 2.14. The van der Waals surface area contributed by atoms with E-state index in [0.717, 1.165) is 12.8 Å². The van der Waals surface area contributed by atoms with Crippen molar-refractivity contribution in [3.63, 3.8) is 0 Å². The smallest absolute Gasteiger partial charge is 0.164 e. The standard InChI is InChI=1S/C17H23FO2/c1-5-8-19-16-11-14(10-13(4)7-3)15(18)12-17(16)20-9-6-2/h3,11-13H,5-6,8-10H2,1-2,4H3. The average Bonchev–Trinajstić information content (AvgIpc) is 2.45. The summed E-state index contributed by atoms with van der Waals surface area (Å²) in [4.78, 5) is 0. The minimum Gasteiger partial charge on any atom is -0.490 e. The maximum atomic E-state index is 14.1. The summed E-state index contributed by atoms with van der Waals surface area (Å²) in [6.07, 6.45) is 7.61. The van der Waals surface area contributed by atoms with Crippen molar-refractivity contribution in [3.05, 3.63) is 23.5 Å². The Labute approximate surface area is 121 Å². The number of ether oxygens (including phenoxy) is 2. The molecule has 0 saturated heterocycles. The van der Waals surface area contributed by atoms with E-state index in [2.05, 4.69) is 5.92 Å². The highest BCUT2D eigenvalue weighted by atomic mass is 19.1. The van der Waals surface area contributed by atoms with E-state index >= 15 is 0 Å². The summed E-state index contributed by atoms with van der Waals surface area (Å²) in [6.45, 7) is 7.05. The van der Waals surface area contributed by atoms with Gasteiger partial charge in [0.15, 0.2) is 11.5 Å². The third kappa shape index (κ3) is 4.77. The van der Waals surface area contributed by atoms with Crippen LogP contribution in [0.4, 0.5) is 4.39 Å². The zero-order chi connectivity index (χ0) is 15.0. The molecule has 0 fully saturated rings. The Balaban J connectivity index is 3.00. The van der Waals surface area contributed by atoms with Crippen molar-refractivity contribution in [3.8, 4) is 23.8 Å². The van der Waals surface area contributed by atoms with Crippen LogP contribution in [0.3, 0.4) is 0 Å². The predicted molar refractivity (Wildman–Crippen MR) is 79.7 cm³/mol. The monoisotopic (exact) mass is 278 g/mol. The van der Waals surface area contributed by atoms with E-state index in [1.807, 2.05) is 20.8 Å². The SMILES string of the molecule is C#CC(C)Cc1cc(OCCC)c(OCCC)cc1F. The zero-order valence-electron chi connectivity index (χ0n) is 12.5. The molecular weight excluding hydrogens is 255 g/mol.